The summed E-state index contributed by atoms with van der Waals surface area (Å²) in [5, 5.41) is 16.7. The quantitative estimate of drug-likeness (QED) is 0.389. The van der Waals surface area contributed by atoms with E-state index in [1.165, 1.54) is 0 Å². The van der Waals surface area contributed by atoms with Crippen LogP contribution in [0.15, 0.2) is 0 Å². The van der Waals surface area contributed by atoms with E-state index in [1.807, 2.05) is 41.5 Å². The molecule has 0 unspecified atom stereocenters. The Balaban J connectivity index is -0.000000249. The molecule has 6 heteroatoms. The maximum absolute atomic E-state index is 8.33. The molecule has 0 N–H and O–H groups in total. The van der Waals surface area contributed by atoms with Gasteiger partial charge in [-0.25, -0.2) is 9.78 Å². The number of carbonyl (C=O) groups excluding carboxylic acids is 1. The zero-order valence-corrected chi connectivity index (χ0v) is 11.3. The molecule has 0 aromatic heterocycles. The molecule has 0 atom stereocenters. The summed E-state index contributed by atoms with van der Waals surface area (Å²) in [5.74, 6) is 0. The molecule has 0 saturated carbocycles. The van der Waals surface area contributed by atoms with Crippen LogP contribution in [-0.4, -0.2) is 17.4 Å². The SMILES string of the molecule is CC(C)(C)OOC(C)(C)C.O=C([O-])[O-].[Ag]. The number of hydrogen-bond donors (Lipinski definition) is 0. The second-order valence-corrected chi connectivity index (χ2v) is 4.64. The molecule has 0 aliphatic heterocycles. The van der Waals surface area contributed by atoms with E-state index in [0.29, 0.717) is 0 Å². The van der Waals surface area contributed by atoms with Crippen LogP contribution < -0.4 is 10.2 Å². The predicted molar refractivity (Wildman–Crippen MR) is 47.1 cm³/mol. The van der Waals surface area contributed by atoms with Crippen LogP contribution in [-0.2, 0) is 32.2 Å². The molecule has 0 aliphatic carbocycles. The Labute approximate surface area is 106 Å². The van der Waals surface area contributed by atoms with Crippen molar-refractivity contribution in [3.8, 4) is 0 Å². The first-order valence-electron chi connectivity index (χ1n) is 4.19. The monoisotopic (exact) mass is 313 g/mol. The molecule has 0 amide bonds. The Morgan fingerprint density at radius 2 is 1.00 bits per heavy atom. The number of rotatable bonds is 1. The van der Waals surface area contributed by atoms with Crippen LogP contribution in [0.2, 0.25) is 0 Å². The summed E-state index contributed by atoms with van der Waals surface area (Å²) >= 11 is 0. The van der Waals surface area contributed by atoms with Gasteiger partial charge in [0.2, 0.25) is 0 Å². The summed E-state index contributed by atoms with van der Waals surface area (Å²) in [4.78, 5) is 18.5. The van der Waals surface area contributed by atoms with Gasteiger partial charge in [-0.05, 0) is 47.7 Å². The van der Waals surface area contributed by atoms with Crippen LogP contribution in [0.25, 0.3) is 0 Å². The van der Waals surface area contributed by atoms with Crippen molar-refractivity contribution in [1.82, 2.24) is 0 Å². The molecule has 0 aliphatic rings. The molecule has 0 saturated heterocycles. The van der Waals surface area contributed by atoms with Crippen LogP contribution in [0.3, 0.4) is 0 Å². The average molecular weight is 314 g/mol. The third-order valence-electron chi connectivity index (χ3n) is 0.542. The number of carbonyl (C=O) groups is 1. The second kappa shape index (κ2) is 8.13. The van der Waals surface area contributed by atoms with Gasteiger partial charge in [-0.2, -0.15) is 0 Å². The third kappa shape index (κ3) is 41.3. The van der Waals surface area contributed by atoms with Gasteiger partial charge in [-0.15, -0.1) is 0 Å². The molecule has 0 heterocycles. The maximum Gasteiger partial charge on any atom is 0.0952 e. The van der Waals surface area contributed by atoms with Gasteiger partial charge in [0.1, 0.15) is 0 Å². The molecule has 97 valence electrons. The third-order valence-corrected chi connectivity index (χ3v) is 0.542. The first-order valence-corrected chi connectivity index (χ1v) is 4.19. The number of carboxylic acid groups (broad SMARTS) is 2. The minimum Gasteiger partial charge on any atom is -0.652 e. The smallest absolute Gasteiger partial charge is 0.0952 e. The van der Waals surface area contributed by atoms with E-state index in [9.17, 15) is 0 Å². The molecule has 0 rings (SSSR count). The van der Waals surface area contributed by atoms with Crippen molar-refractivity contribution in [3.05, 3.63) is 0 Å². The average Bonchev–Trinajstić information content (AvgIpc) is 1.79. The van der Waals surface area contributed by atoms with Crippen LogP contribution in [0, 0.1) is 0 Å². The Morgan fingerprint density at radius 1 is 0.867 bits per heavy atom. The van der Waals surface area contributed by atoms with E-state index in [4.69, 9.17) is 24.8 Å². The maximum atomic E-state index is 8.33. The zero-order valence-electron chi connectivity index (χ0n) is 9.84. The van der Waals surface area contributed by atoms with Gasteiger partial charge in [0, 0.05) is 22.4 Å². The summed E-state index contributed by atoms with van der Waals surface area (Å²) in [7, 11) is 0. The van der Waals surface area contributed by atoms with Gasteiger partial charge < -0.3 is 15.0 Å². The van der Waals surface area contributed by atoms with E-state index in [-0.39, 0.29) is 33.6 Å². The summed E-state index contributed by atoms with van der Waals surface area (Å²) in [6.45, 7) is 11.7. The Morgan fingerprint density at radius 3 is 1.07 bits per heavy atom. The number of hydrogen-bond acceptors (Lipinski definition) is 5. The molecule has 5 nitrogen and oxygen atoms in total. The fraction of sp³-hybridized carbons (Fsp3) is 0.889. The molecule has 0 fully saturated rings. The van der Waals surface area contributed by atoms with Crippen LogP contribution in [0.5, 0.6) is 0 Å². The summed E-state index contributed by atoms with van der Waals surface area (Å²) < 4.78 is 0. The van der Waals surface area contributed by atoms with Crippen molar-refractivity contribution in [1.29, 1.82) is 0 Å². The second-order valence-electron chi connectivity index (χ2n) is 4.64. The molecule has 0 spiro atoms. The van der Waals surface area contributed by atoms with Crippen LogP contribution >= 0.6 is 0 Å². The molecule has 15 heavy (non-hydrogen) atoms. The van der Waals surface area contributed by atoms with E-state index >= 15 is 0 Å². The topological polar surface area (TPSA) is 81.7 Å². The first kappa shape index (κ1) is 20.4. The molecule has 0 aromatic rings. The standard InChI is InChI=1S/C8H18O2.CH2O3.Ag/c1-7(2,3)9-10-8(4,5)6;2-1(3)4;/h1-6H3;(H2,2,3,4);/p-2. The van der Waals surface area contributed by atoms with Crippen molar-refractivity contribution in [3.63, 3.8) is 0 Å². The Hall–Kier alpha value is -0.0697. The molecule has 1 radical (unpaired) electrons. The predicted octanol–water partition coefficient (Wildman–Crippen LogP) is 0.0821. The summed E-state index contributed by atoms with van der Waals surface area (Å²) in [6, 6.07) is 0. The molecular weight excluding hydrogens is 296 g/mol. The Bertz CT molecular complexity index is 150. The minimum absolute atomic E-state index is 0. The van der Waals surface area contributed by atoms with Gasteiger partial charge in [-0.3, -0.25) is 0 Å². The molecule has 0 bridgehead atoms. The summed E-state index contributed by atoms with van der Waals surface area (Å²) in [6.07, 6.45) is -2.33. The van der Waals surface area contributed by atoms with Crippen LogP contribution in [0.1, 0.15) is 41.5 Å². The van der Waals surface area contributed by atoms with E-state index in [0.717, 1.165) is 0 Å². The van der Waals surface area contributed by atoms with Crippen LogP contribution in [0.4, 0.5) is 4.79 Å². The molecular formula is C9H18AgO5-2. The van der Waals surface area contributed by atoms with Gasteiger partial charge in [-0.1, -0.05) is 0 Å². The van der Waals surface area contributed by atoms with Crippen molar-refractivity contribution in [2.75, 3.05) is 0 Å². The van der Waals surface area contributed by atoms with Gasteiger partial charge in [0.05, 0.1) is 11.2 Å². The van der Waals surface area contributed by atoms with Gasteiger partial charge in [0.15, 0.2) is 0 Å². The fourth-order valence-corrected chi connectivity index (χ4v) is 0.250. The van der Waals surface area contributed by atoms with Gasteiger partial charge >= 0.3 is 0 Å². The van der Waals surface area contributed by atoms with E-state index in [1.54, 1.807) is 0 Å². The Kier molecular flexibility index (Phi) is 11.0. The normalized spacial score (nSPS) is 10.8. The van der Waals surface area contributed by atoms with Gasteiger partial charge in [0.25, 0.3) is 0 Å². The minimum atomic E-state index is -2.33. The molecule has 0 aromatic carbocycles. The van der Waals surface area contributed by atoms with E-state index in [2.05, 4.69) is 0 Å². The zero-order chi connectivity index (χ0) is 12.0. The summed E-state index contributed by atoms with van der Waals surface area (Å²) in [5.41, 5.74) is -0.430. The van der Waals surface area contributed by atoms with E-state index < -0.39 is 6.16 Å². The fourth-order valence-electron chi connectivity index (χ4n) is 0.250. The largest absolute Gasteiger partial charge is 0.652 e. The van der Waals surface area contributed by atoms with Crippen molar-refractivity contribution in [2.24, 2.45) is 0 Å². The van der Waals surface area contributed by atoms with Crippen molar-refractivity contribution >= 4 is 6.16 Å². The van der Waals surface area contributed by atoms with Crippen molar-refractivity contribution < 1.29 is 47.2 Å². The van der Waals surface area contributed by atoms with Crippen molar-refractivity contribution in [2.45, 2.75) is 52.7 Å². The first-order chi connectivity index (χ1) is 5.94.